The van der Waals surface area contributed by atoms with Gasteiger partial charge in [0.15, 0.2) is 0 Å². The highest BCUT2D eigenvalue weighted by Gasteiger charge is 2.68. The zero-order valence-corrected chi connectivity index (χ0v) is 21.8. The molecule has 5 rings (SSSR count). The minimum Gasteiger partial charge on any atom is -0.480 e. The van der Waals surface area contributed by atoms with Gasteiger partial charge in [0.2, 0.25) is 11.8 Å². The number of imide groups is 1. The second-order valence-corrected chi connectivity index (χ2v) is 11.4. The first-order valence-corrected chi connectivity index (χ1v) is 13.4. The number of fused-ring (bicyclic) bond motifs is 1. The molecule has 3 aliphatic rings. The van der Waals surface area contributed by atoms with Gasteiger partial charge >= 0.3 is 5.97 Å². The summed E-state index contributed by atoms with van der Waals surface area (Å²) < 4.78 is 0. The van der Waals surface area contributed by atoms with E-state index in [1.54, 1.807) is 6.07 Å². The third-order valence-corrected chi connectivity index (χ3v) is 9.04. The summed E-state index contributed by atoms with van der Waals surface area (Å²) in [5.41, 5.74) is -0.382. The molecule has 4 atom stereocenters. The molecule has 0 bridgehead atoms. The minimum absolute atomic E-state index is 0.0847. The van der Waals surface area contributed by atoms with Crippen LogP contribution < -0.4 is 5.32 Å². The molecule has 2 amide bonds. The van der Waals surface area contributed by atoms with E-state index in [-0.39, 0.29) is 28.9 Å². The second kappa shape index (κ2) is 9.97. The Balaban J connectivity index is 1.61. The maximum atomic E-state index is 13.9. The zero-order chi connectivity index (χ0) is 25.6. The number of rotatable bonds is 6. The van der Waals surface area contributed by atoms with Crippen LogP contribution in [0.3, 0.4) is 0 Å². The number of carboxylic acids is 1. The largest absolute Gasteiger partial charge is 0.480 e. The van der Waals surface area contributed by atoms with Crippen LogP contribution in [0, 0.1) is 17.8 Å². The van der Waals surface area contributed by atoms with Crippen molar-refractivity contribution in [1.29, 1.82) is 0 Å². The number of hydrogen-bond acceptors (Lipinski definition) is 4. The van der Waals surface area contributed by atoms with Gasteiger partial charge in [0.25, 0.3) is 0 Å². The lowest BCUT2D eigenvalue weighted by Crippen LogP contribution is -2.56. The number of aliphatic carboxylic acids is 1. The third kappa shape index (κ3) is 4.32. The number of carboxylic acid groups (broad SMARTS) is 1. The molecular weight excluding hydrogens is 523 g/mol. The Labute approximate surface area is 224 Å². The average Bonchev–Trinajstić information content (AvgIpc) is 3.32. The Hall–Kier alpha value is -2.12. The summed E-state index contributed by atoms with van der Waals surface area (Å²) in [6.07, 6.45) is 5.25. The predicted octanol–water partition coefficient (Wildman–Crippen LogP) is 5.89. The van der Waals surface area contributed by atoms with Crippen molar-refractivity contribution >= 4 is 52.6 Å². The van der Waals surface area contributed by atoms with Crippen LogP contribution in [0.2, 0.25) is 15.1 Å². The molecule has 3 fully saturated rings. The summed E-state index contributed by atoms with van der Waals surface area (Å²) in [5, 5.41) is 14.6. The summed E-state index contributed by atoms with van der Waals surface area (Å²) in [7, 11) is 0. The molecule has 0 radical (unpaired) electrons. The molecule has 2 aliphatic heterocycles. The van der Waals surface area contributed by atoms with Crippen LogP contribution in [0.4, 0.5) is 0 Å². The van der Waals surface area contributed by atoms with Crippen LogP contribution in [0.15, 0.2) is 42.5 Å². The SMILES string of the molecule is O=C1C2C(c3cc(Cl)cc(Cl)c3Cl)NC(CC3CCCCC3)(C(=O)O)C2C(=O)N1Cc1ccccc1. The van der Waals surface area contributed by atoms with Gasteiger partial charge < -0.3 is 5.11 Å². The summed E-state index contributed by atoms with van der Waals surface area (Å²) in [4.78, 5) is 41.9. The molecule has 6 nitrogen and oxygen atoms in total. The Morgan fingerprint density at radius 2 is 1.72 bits per heavy atom. The second-order valence-electron chi connectivity index (χ2n) is 10.1. The van der Waals surface area contributed by atoms with E-state index in [2.05, 4.69) is 5.32 Å². The van der Waals surface area contributed by atoms with Gasteiger partial charge in [-0.2, -0.15) is 0 Å². The van der Waals surface area contributed by atoms with Crippen molar-refractivity contribution in [2.75, 3.05) is 0 Å². The molecule has 1 aliphatic carbocycles. The molecule has 2 N–H and O–H groups in total. The summed E-state index contributed by atoms with van der Waals surface area (Å²) in [6, 6.07) is 11.5. The minimum atomic E-state index is -1.60. The number of likely N-dealkylation sites (tertiary alicyclic amines) is 1. The van der Waals surface area contributed by atoms with Crippen LogP contribution in [-0.4, -0.2) is 33.3 Å². The first-order chi connectivity index (χ1) is 17.2. The van der Waals surface area contributed by atoms with E-state index in [9.17, 15) is 19.5 Å². The molecule has 0 aromatic heterocycles. The molecule has 2 saturated heterocycles. The number of amides is 2. The topological polar surface area (TPSA) is 86.7 Å². The van der Waals surface area contributed by atoms with Crippen molar-refractivity contribution in [2.45, 2.75) is 56.7 Å². The van der Waals surface area contributed by atoms with Crippen molar-refractivity contribution in [3.05, 3.63) is 68.7 Å². The van der Waals surface area contributed by atoms with Crippen molar-refractivity contribution in [2.24, 2.45) is 17.8 Å². The average molecular weight is 550 g/mol. The van der Waals surface area contributed by atoms with E-state index in [0.717, 1.165) is 37.7 Å². The molecule has 190 valence electrons. The van der Waals surface area contributed by atoms with Crippen LogP contribution in [0.5, 0.6) is 0 Å². The summed E-state index contributed by atoms with van der Waals surface area (Å²) >= 11 is 19.2. The van der Waals surface area contributed by atoms with Gasteiger partial charge in [-0.1, -0.05) is 97.2 Å². The third-order valence-electron chi connectivity index (χ3n) is 8.00. The molecule has 2 aromatic rings. The molecule has 0 spiro atoms. The number of nitrogens with one attached hydrogen (secondary N) is 1. The Morgan fingerprint density at radius 3 is 2.39 bits per heavy atom. The van der Waals surface area contributed by atoms with Gasteiger partial charge in [-0.05, 0) is 35.6 Å². The lowest BCUT2D eigenvalue weighted by Gasteiger charge is -2.35. The number of nitrogens with zero attached hydrogens (tertiary/aromatic N) is 1. The molecule has 2 heterocycles. The molecule has 2 aromatic carbocycles. The van der Waals surface area contributed by atoms with Gasteiger partial charge in [0.05, 0.1) is 28.4 Å². The van der Waals surface area contributed by atoms with Crippen LogP contribution in [0.1, 0.15) is 55.7 Å². The van der Waals surface area contributed by atoms with Crippen LogP contribution in [-0.2, 0) is 20.9 Å². The van der Waals surface area contributed by atoms with Crippen molar-refractivity contribution < 1.29 is 19.5 Å². The molecular formula is C27H27Cl3N2O4. The fourth-order valence-corrected chi connectivity index (χ4v) is 7.11. The lowest BCUT2D eigenvalue weighted by molar-refractivity contribution is -0.152. The van der Waals surface area contributed by atoms with Crippen molar-refractivity contribution in [1.82, 2.24) is 10.2 Å². The highest BCUT2D eigenvalue weighted by Crippen LogP contribution is 2.53. The maximum Gasteiger partial charge on any atom is 0.324 e. The summed E-state index contributed by atoms with van der Waals surface area (Å²) in [5.74, 6) is -3.86. The number of halogens is 3. The number of benzene rings is 2. The Morgan fingerprint density at radius 1 is 1.03 bits per heavy atom. The normalized spacial score (nSPS) is 28.5. The van der Waals surface area contributed by atoms with E-state index < -0.39 is 41.2 Å². The first-order valence-electron chi connectivity index (χ1n) is 12.3. The highest BCUT2D eigenvalue weighted by molar-refractivity contribution is 6.43. The van der Waals surface area contributed by atoms with Gasteiger partial charge in [0, 0.05) is 11.1 Å². The van der Waals surface area contributed by atoms with Crippen molar-refractivity contribution in [3.63, 3.8) is 0 Å². The Bertz CT molecular complexity index is 1200. The smallest absolute Gasteiger partial charge is 0.324 e. The van der Waals surface area contributed by atoms with Gasteiger partial charge in [-0.15, -0.1) is 0 Å². The van der Waals surface area contributed by atoms with E-state index >= 15 is 0 Å². The lowest BCUT2D eigenvalue weighted by atomic mass is 9.72. The number of carbonyl (C=O) groups is 3. The molecule has 4 unspecified atom stereocenters. The Kier molecular flexibility index (Phi) is 7.07. The van der Waals surface area contributed by atoms with Crippen LogP contribution >= 0.6 is 34.8 Å². The molecule has 9 heteroatoms. The highest BCUT2D eigenvalue weighted by atomic mass is 35.5. The predicted molar refractivity (Wildman–Crippen MR) is 138 cm³/mol. The van der Waals surface area contributed by atoms with Crippen molar-refractivity contribution in [3.8, 4) is 0 Å². The van der Waals surface area contributed by atoms with E-state index in [0.29, 0.717) is 10.6 Å². The maximum absolute atomic E-state index is 13.9. The van der Waals surface area contributed by atoms with Gasteiger partial charge in [0.1, 0.15) is 5.54 Å². The standard InChI is InChI=1S/C27H27Cl3N2O4/c28-17-11-18(22(30)19(29)12-17)23-20-21(25(34)32(24(20)33)14-16-9-5-2-6-10-16)27(31-23,26(35)36)13-15-7-3-1-4-8-15/h2,5-6,9-12,15,20-21,23,31H,1,3-4,7-8,13-14H2,(H,35,36). The monoisotopic (exact) mass is 548 g/mol. The molecule has 36 heavy (non-hydrogen) atoms. The number of carbonyl (C=O) groups excluding carboxylic acids is 2. The van der Waals surface area contributed by atoms with E-state index in [4.69, 9.17) is 34.8 Å². The quantitative estimate of drug-likeness (QED) is 0.347. The van der Waals surface area contributed by atoms with Gasteiger partial charge in [-0.25, -0.2) is 0 Å². The first kappa shape index (κ1) is 25.5. The fourth-order valence-electron chi connectivity index (χ4n) is 6.37. The molecule has 1 saturated carbocycles. The van der Waals surface area contributed by atoms with E-state index in [1.165, 1.54) is 11.0 Å². The fraction of sp³-hybridized carbons (Fsp3) is 0.444. The van der Waals surface area contributed by atoms with Crippen LogP contribution in [0.25, 0.3) is 0 Å². The van der Waals surface area contributed by atoms with Gasteiger partial charge in [-0.3, -0.25) is 24.6 Å². The van der Waals surface area contributed by atoms with E-state index in [1.807, 2.05) is 30.3 Å². The number of hydrogen-bond donors (Lipinski definition) is 2. The zero-order valence-electron chi connectivity index (χ0n) is 19.6. The summed E-state index contributed by atoms with van der Waals surface area (Å²) in [6.45, 7) is 0.0847.